The molecule has 0 spiro atoms. The number of nitrogens with one attached hydrogen (secondary N) is 1. The highest BCUT2D eigenvalue weighted by Gasteiger charge is 2.11. The molecule has 0 aliphatic carbocycles. The van der Waals surface area contributed by atoms with E-state index in [2.05, 4.69) is 47.6 Å². The van der Waals surface area contributed by atoms with Crippen LogP contribution < -0.4 is 10.2 Å². The monoisotopic (exact) mass is 290 g/mol. The van der Waals surface area contributed by atoms with E-state index in [1.807, 2.05) is 19.2 Å². The first kappa shape index (κ1) is 14.9. The fourth-order valence-corrected chi connectivity index (χ4v) is 3.04. The number of thiophene rings is 1. The zero-order valence-electron chi connectivity index (χ0n) is 12.3. The first-order chi connectivity index (χ1) is 9.61. The van der Waals surface area contributed by atoms with Crippen molar-refractivity contribution in [2.45, 2.75) is 26.4 Å². The number of phenolic OH excluding ortho intramolecular Hbond substituents is 1. The van der Waals surface area contributed by atoms with E-state index in [4.69, 9.17) is 0 Å². The lowest BCUT2D eigenvalue weighted by Crippen LogP contribution is -2.18. The molecule has 1 unspecified atom stereocenters. The summed E-state index contributed by atoms with van der Waals surface area (Å²) in [5.74, 6) is 0.356. The van der Waals surface area contributed by atoms with Crippen LogP contribution >= 0.6 is 11.3 Å². The Morgan fingerprint density at radius 1 is 1.35 bits per heavy atom. The smallest absolute Gasteiger partial charge is 0.122 e. The Bertz CT molecular complexity index is 539. The van der Waals surface area contributed by atoms with Crippen molar-refractivity contribution in [1.82, 2.24) is 5.32 Å². The number of benzene rings is 1. The minimum atomic E-state index is 0.164. The molecule has 1 atom stereocenters. The zero-order chi connectivity index (χ0) is 14.5. The molecule has 0 saturated carbocycles. The van der Waals surface area contributed by atoms with Crippen molar-refractivity contribution in [2.75, 3.05) is 18.5 Å². The van der Waals surface area contributed by atoms with Gasteiger partial charge in [0.05, 0.1) is 6.54 Å². The van der Waals surface area contributed by atoms with Crippen molar-refractivity contribution in [1.29, 1.82) is 0 Å². The van der Waals surface area contributed by atoms with E-state index in [-0.39, 0.29) is 6.04 Å². The minimum absolute atomic E-state index is 0.164. The van der Waals surface area contributed by atoms with Crippen LogP contribution in [0.15, 0.2) is 35.7 Å². The van der Waals surface area contributed by atoms with Crippen molar-refractivity contribution in [3.63, 3.8) is 0 Å². The van der Waals surface area contributed by atoms with Gasteiger partial charge in [0.2, 0.25) is 0 Å². The summed E-state index contributed by atoms with van der Waals surface area (Å²) in [6.45, 7) is 5.88. The summed E-state index contributed by atoms with van der Waals surface area (Å²) in [6.07, 6.45) is 0. The second-order valence-electron chi connectivity index (χ2n) is 4.96. The molecule has 2 N–H and O–H groups in total. The maximum absolute atomic E-state index is 10.2. The van der Waals surface area contributed by atoms with E-state index >= 15 is 0 Å². The average Bonchev–Trinajstić information content (AvgIpc) is 2.91. The predicted molar refractivity (Wildman–Crippen MR) is 86.6 cm³/mol. The SMILES string of the molecule is CCNC(C)c1ccc(N(C)Cc2cccs2)cc1O. The van der Waals surface area contributed by atoms with E-state index in [1.54, 1.807) is 11.3 Å². The van der Waals surface area contributed by atoms with Crippen molar-refractivity contribution in [2.24, 2.45) is 0 Å². The maximum Gasteiger partial charge on any atom is 0.122 e. The molecule has 1 aromatic heterocycles. The first-order valence-corrected chi connectivity index (χ1v) is 7.79. The van der Waals surface area contributed by atoms with Gasteiger partial charge in [-0.1, -0.05) is 19.1 Å². The van der Waals surface area contributed by atoms with E-state index in [9.17, 15) is 5.11 Å². The molecule has 2 rings (SSSR count). The van der Waals surface area contributed by atoms with E-state index < -0.39 is 0 Å². The Kier molecular flexibility index (Phi) is 5.04. The van der Waals surface area contributed by atoms with Gasteiger partial charge in [0.15, 0.2) is 0 Å². The van der Waals surface area contributed by atoms with Gasteiger partial charge in [0.1, 0.15) is 5.75 Å². The van der Waals surface area contributed by atoms with Crippen LogP contribution in [-0.2, 0) is 6.54 Å². The zero-order valence-corrected chi connectivity index (χ0v) is 13.1. The van der Waals surface area contributed by atoms with Gasteiger partial charge >= 0.3 is 0 Å². The van der Waals surface area contributed by atoms with Crippen LogP contribution in [0, 0.1) is 0 Å². The number of hydrogen-bond acceptors (Lipinski definition) is 4. The van der Waals surface area contributed by atoms with Gasteiger partial charge in [-0.05, 0) is 31.0 Å². The van der Waals surface area contributed by atoms with Gasteiger partial charge in [-0.25, -0.2) is 0 Å². The molecule has 0 fully saturated rings. The number of rotatable bonds is 6. The molecule has 108 valence electrons. The topological polar surface area (TPSA) is 35.5 Å². The summed E-state index contributed by atoms with van der Waals surface area (Å²) in [5, 5.41) is 15.6. The highest BCUT2D eigenvalue weighted by Crippen LogP contribution is 2.29. The van der Waals surface area contributed by atoms with E-state index in [1.165, 1.54) is 4.88 Å². The number of hydrogen-bond donors (Lipinski definition) is 2. The molecule has 1 aromatic carbocycles. The second-order valence-corrected chi connectivity index (χ2v) is 5.99. The molecule has 0 radical (unpaired) electrons. The van der Waals surface area contributed by atoms with Gasteiger partial charge in [-0.15, -0.1) is 11.3 Å². The van der Waals surface area contributed by atoms with Crippen molar-refractivity contribution in [3.8, 4) is 5.75 Å². The number of nitrogens with zero attached hydrogens (tertiary/aromatic N) is 1. The molecule has 3 nitrogen and oxygen atoms in total. The van der Waals surface area contributed by atoms with Gasteiger partial charge in [0, 0.05) is 35.3 Å². The van der Waals surface area contributed by atoms with Crippen LogP contribution in [0.1, 0.15) is 30.3 Å². The molecular weight excluding hydrogens is 268 g/mol. The second kappa shape index (κ2) is 6.77. The van der Waals surface area contributed by atoms with Gasteiger partial charge in [-0.2, -0.15) is 0 Å². The Morgan fingerprint density at radius 2 is 2.15 bits per heavy atom. The third-order valence-electron chi connectivity index (χ3n) is 3.40. The number of phenols is 1. The average molecular weight is 290 g/mol. The van der Waals surface area contributed by atoms with Crippen molar-refractivity contribution < 1.29 is 5.11 Å². The molecule has 0 bridgehead atoms. The standard InChI is InChI=1S/C16H22N2OS/c1-4-17-12(2)15-8-7-13(10-16(15)19)18(3)11-14-6-5-9-20-14/h5-10,12,17,19H,4,11H2,1-3H3. The largest absolute Gasteiger partial charge is 0.508 e. The van der Waals surface area contributed by atoms with Crippen LogP contribution in [0.5, 0.6) is 5.75 Å². The maximum atomic E-state index is 10.2. The van der Waals surface area contributed by atoms with Crippen LogP contribution in [0.2, 0.25) is 0 Å². The molecule has 0 aliphatic rings. The van der Waals surface area contributed by atoms with Crippen LogP contribution in [0.3, 0.4) is 0 Å². The number of aromatic hydroxyl groups is 1. The molecule has 20 heavy (non-hydrogen) atoms. The minimum Gasteiger partial charge on any atom is -0.508 e. The summed E-state index contributed by atoms with van der Waals surface area (Å²) < 4.78 is 0. The Morgan fingerprint density at radius 3 is 2.75 bits per heavy atom. The summed E-state index contributed by atoms with van der Waals surface area (Å²) in [6, 6.07) is 10.3. The molecule has 4 heteroatoms. The van der Waals surface area contributed by atoms with Crippen LogP contribution in [-0.4, -0.2) is 18.7 Å². The molecule has 0 saturated heterocycles. The van der Waals surface area contributed by atoms with Gasteiger partial charge < -0.3 is 15.3 Å². The Balaban J connectivity index is 2.11. The lowest BCUT2D eigenvalue weighted by atomic mass is 10.1. The Labute approximate surface area is 124 Å². The Hall–Kier alpha value is -1.52. The molecule has 0 aliphatic heterocycles. The summed E-state index contributed by atoms with van der Waals surface area (Å²) in [5.41, 5.74) is 1.98. The van der Waals surface area contributed by atoms with Crippen LogP contribution in [0.4, 0.5) is 5.69 Å². The summed E-state index contributed by atoms with van der Waals surface area (Å²) in [7, 11) is 2.04. The number of anilines is 1. The lowest BCUT2D eigenvalue weighted by Gasteiger charge is -2.21. The third kappa shape index (κ3) is 3.52. The molecule has 0 amide bonds. The highest BCUT2D eigenvalue weighted by atomic mass is 32.1. The van der Waals surface area contributed by atoms with E-state index in [0.717, 1.165) is 24.3 Å². The first-order valence-electron chi connectivity index (χ1n) is 6.91. The molecule has 2 aromatic rings. The van der Waals surface area contributed by atoms with E-state index in [0.29, 0.717) is 5.75 Å². The highest BCUT2D eigenvalue weighted by molar-refractivity contribution is 7.09. The third-order valence-corrected chi connectivity index (χ3v) is 4.27. The molecule has 1 heterocycles. The quantitative estimate of drug-likeness (QED) is 0.850. The summed E-state index contributed by atoms with van der Waals surface area (Å²) in [4.78, 5) is 3.46. The lowest BCUT2D eigenvalue weighted by molar-refractivity contribution is 0.454. The van der Waals surface area contributed by atoms with Gasteiger partial charge in [0.25, 0.3) is 0 Å². The predicted octanol–water partition coefficient (Wildman–Crippen LogP) is 3.76. The normalized spacial score (nSPS) is 12.3. The molecular formula is C16H22N2OS. The fraction of sp³-hybridized carbons (Fsp3) is 0.375. The van der Waals surface area contributed by atoms with Crippen molar-refractivity contribution in [3.05, 3.63) is 46.2 Å². The van der Waals surface area contributed by atoms with Gasteiger partial charge in [-0.3, -0.25) is 0 Å². The van der Waals surface area contributed by atoms with Crippen LogP contribution in [0.25, 0.3) is 0 Å². The van der Waals surface area contributed by atoms with Crippen molar-refractivity contribution >= 4 is 17.0 Å². The summed E-state index contributed by atoms with van der Waals surface area (Å²) >= 11 is 1.75. The fourth-order valence-electron chi connectivity index (χ4n) is 2.28.